The molecule has 2 amide bonds. The van der Waals surface area contributed by atoms with Gasteiger partial charge >= 0.3 is 6.03 Å². The first-order valence-corrected chi connectivity index (χ1v) is 9.71. The largest absolute Gasteiger partial charge is 0.379 e. The average Bonchev–Trinajstić information content (AvgIpc) is 2.70. The smallest absolute Gasteiger partial charge is 0.323 e. The van der Waals surface area contributed by atoms with E-state index in [0.717, 1.165) is 50.6 Å². The van der Waals surface area contributed by atoms with Gasteiger partial charge in [-0.05, 0) is 47.7 Å². The molecule has 2 aromatic carbocycles. The molecule has 0 aromatic heterocycles. The predicted octanol–water partition coefficient (Wildman–Crippen LogP) is 4.68. The number of morpholine rings is 1. The Kier molecular flexibility index (Phi) is 6.85. The van der Waals surface area contributed by atoms with Gasteiger partial charge in [0.05, 0.1) is 13.2 Å². The lowest BCUT2D eigenvalue weighted by atomic mass is 9.99. The van der Waals surface area contributed by atoms with E-state index in [4.69, 9.17) is 4.74 Å². The fraction of sp³-hybridized carbons (Fsp3) is 0.409. The molecule has 0 unspecified atom stereocenters. The van der Waals surface area contributed by atoms with E-state index in [0.29, 0.717) is 5.92 Å². The molecule has 144 valence electrons. The third-order valence-corrected chi connectivity index (χ3v) is 5.07. The number of ether oxygens (including phenoxy) is 1. The van der Waals surface area contributed by atoms with Crippen molar-refractivity contribution in [1.82, 2.24) is 4.90 Å². The van der Waals surface area contributed by atoms with Crippen LogP contribution in [0, 0.1) is 0 Å². The maximum atomic E-state index is 12.2. The van der Waals surface area contributed by atoms with Crippen molar-refractivity contribution < 1.29 is 9.53 Å². The van der Waals surface area contributed by atoms with E-state index >= 15 is 0 Å². The Hall–Kier alpha value is -2.37. The van der Waals surface area contributed by atoms with Crippen molar-refractivity contribution in [2.75, 3.05) is 36.9 Å². The van der Waals surface area contributed by atoms with Gasteiger partial charge in [0.25, 0.3) is 0 Å². The number of benzene rings is 2. The first-order valence-electron chi connectivity index (χ1n) is 9.71. The van der Waals surface area contributed by atoms with Crippen LogP contribution in [0.1, 0.15) is 37.3 Å². The Labute approximate surface area is 161 Å². The summed E-state index contributed by atoms with van der Waals surface area (Å²) in [4.78, 5) is 14.6. The summed E-state index contributed by atoms with van der Waals surface area (Å²) in [6.07, 6.45) is 1.11. The first kappa shape index (κ1) is 19.4. The highest BCUT2D eigenvalue weighted by Gasteiger charge is 2.11. The fourth-order valence-electron chi connectivity index (χ4n) is 3.14. The number of nitrogens with one attached hydrogen (secondary N) is 2. The molecule has 0 spiro atoms. The average molecular weight is 367 g/mol. The minimum Gasteiger partial charge on any atom is -0.379 e. The van der Waals surface area contributed by atoms with Gasteiger partial charge in [0.2, 0.25) is 0 Å². The number of carbonyl (C=O) groups excluding carboxylic acids is 1. The maximum Gasteiger partial charge on any atom is 0.323 e. The molecule has 1 heterocycles. The summed E-state index contributed by atoms with van der Waals surface area (Å²) in [5.74, 6) is 0.531. The Morgan fingerprint density at radius 3 is 2.11 bits per heavy atom. The molecular formula is C22H29N3O2. The van der Waals surface area contributed by atoms with Crippen LogP contribution in [0.4, 0.5) is 16.2 Å². The summed E-state index contributed by atoms with van der Waals surface area (Å²) in [7, 11) is 0. The second-order valence-corrected chi connectivity index (χ2v) is 7.10. The molecule has 5 heteroatoms. The molecule has 0 saturated carbocycles. The van der Waals surface area contributed by atoms with Crippen molar-refractivity contribution in [2.45, 2.75) is 32.7 Å². The summed E-state index contributed by atoms with van der Waals surface area (Å²) >= 11 is 0. The zero-order valence-corrected chi connectivity index (χ0v) is 16.2. The van der Waals surface area contributed by atoms with Gasteiger partial charge in [-0.15, -0.1) is 0 Å². The van der Waals surface area contributed by atoms with Crippen molar-refractivity contribution in [3.05, 3.63) is 59.7 Å². The van der Waals surface area contributed by atoms with Crippen LogP contribution in [0.3, 0.4) is 0 Å². The van der Waals surface area contributed by atoms with Gasteiger partial charge in [0.1, 0.15) is 0 Å². The molecule has 1 atom stereocenters. The molecule has 2 N–H and O–H groups in total. The zero-order chi connectivity index (χ0) is 19.1. The number of rotatable bonds is 6. The van der Waals surface area contributed by atoms with Crippen LogP contribution in [-0.4, -0.2) is 37.2 Å². The van der Waals surface area contributed by atoms with E-state index in [1.807, 2.05) is 24.3 Å². The molecule has 27 heavy (non-hydrogen) atoms. The highest BCUT2D eigenvalue weighted by Crippen LogP contribution is 2.20. The second kappa shape index (κ2) is 9.53. The Morgan fingerprint density at radius 1 is 1.00 bits per heavy atom. The van der Waals surface area contributed by atoms with Gasteiger partial charge in [-0.3, -0.25) is 4.90 Å². The Balaban J connectivity index is 1.50. The molecule has 2 aromatic rings. The van der Waals surface area contributed by atoms with Crippen molar-refractivity contribution in [3.8, 4) is 0 Å². The van der Waals surface area contributed by atoms with Crippen LogP contribution in [0.5, 0.6) is 0 Å². The SMILES string of the molecule is CC[C@@H](C)c1ccc(NC(=O)Nc2ccc(CN3CCOCC3)cc2)cc1. The van der Waals surface area contributed by atoms with Gasteiger partial charge in [-0.1, -0.05) is 38.1 Å². The van der Waals surface area contributed by atoms with E-state index in [9.17, 15) is 4.79 Å². The van der Waals surface area contributed by atoms with Gasteiger partial charge in [0.15, 0.2) is 0 Å². The lowest BCUT2D eigenvalue weighted by molar-refractivity contribution is 0.0342. The lowest BCUT2D eigenvalue weighted by Crippen LogP contribution is -2.35. The van der Waals surface area contributed by atoms with Crippen molar-refractivity contribution in [1.29, 1.82) is 0 Å². The van der Waals surface area contributed by atoms with Crippen LogP contribution in [0.25, 0.3) is 0 Å². The molecule has 1 fully saturated rings. The lowest BCUT2D eigenvalue weighted by Gasteiger charge is -2.26. The number of anilines is 2. The molecule has 0 bridgehead atoms. The first-order chi connectivity index (χ1) is 13.1. The molecule has 1 aliphatic heterocycles. The number of nitrogens with zero attached hydrogens (tertiary/aromatic N) is 1. The summed E-state index contributed by atoms with van der Waals surface area (Å²) in [6, 6.07) is 15.8. The molecule has 1 saturated heterocycles. The molecule has 1 aliphatic rings. The minimum atomic E-state index is -0.229. The van der Waals surface area contributed by atoms with Gasteiger partial charge < -0.3 is 15.4 Å². The van der Waals surface area contributed by atoms with Crippen molar-refractivity contribution in [3.63, 3.8) is 0 Å². The third kappa shape index (κ3) is 5.81. The van der Waals surface area contributed by atoms with Crippen LogP contribution in [-0.2, 0) is 11.3 Å². The number of carbonyl (C=O) groups is 1. The number of hydrogen-bond donors (Lipinski definition) is 2. The summed E-state index contributed by atoms with van der Waals surface area (Å²) < 4.78 is 5.38. The Morgan fingerprint density at radius 2 is 1.56 bits per heavy atom. The van der Waals surface area contributed by atoms with Crippen LogP contribution in [0.2, 0.25) is 0 Å². The normalized spacial score (nSPS) is 15.9. The zero-order valence-electron chi connectivity index (χ0n) is 16.2. The molecule has 0 aliphatic carbocycles. The fourth-order valence-corrected chi connectivity index (χ4v) is 3.14. The van der Waals surface area contributed by atoms with Crippen LogP contribution >= 0.6 is 0 Å². The Bertz CT molecular complexity index is 722. The van der Waals surface area contributed by atoms with Gasteiger partial charge in [-0.25, -0.2) is 4.79 Å². The minimum absolute atomic E-state index is 0.229. The monoisotopic (exact) mass is 367 g/mol. The molecule has 0 radical (unpaired) electrons. The summed E-state index contributed by atoms with van der Waals surface area (Å²) in [5, 5.41) is 5.77. The third-order valence-electron chi connectivity index (χ3n) is 5.07. The van der Waals surface area contributed by atoms with E-state index in [-0.39, 0.29) is 6.03 Å². The highest BCUT2D eigenvalue weighted by molar-refractivity contribution is 5.99. The second-order valence-electron chi connectivity index (χ2n) is 7.10. The number of urea groups is 1. The van der Waals surface area contributed by atoms with Gasteiger partial charge in [0, 0.05) is 31.0 Å². The van der Waals surface area contributed by atoms with E-state index in [2.05, 4.69) is 53.6 Å². The van der Waals surface area contributed by atoms with Crippen molar-refractivity contribution >= 4 is 17.4 Å². The highest BCUT2D eigenvalue weighted by atomic mass is 16.5. The summed E-state index contributed by atoms with van der Waals surface area (Å²) in [5.41, 5.74) is 4.11. The molecular weight excluding hydrogens is 338 g/mol. The maximum absolute atomic E-state index is 12.2. The van der Waals surface area contributed by atoms with E-state index in [1.54, 1.807) is 0 Å². The predicted molar refractivity (Wildman–Crippen MR) is 110 cm³/mol. The standard InChI is InChI=1S/C22H29N3O2/c1-3-17(2)19-6-10-21(11-7-19)24-22(26)23-20-8-4-18(5-9-20)16-25-12-14-27-15-13-25/h4-11,17H,3,12-16H2,1-2H3,(H2,23,24,26)/t17-/m1/s1. The molecule has 3 rings (SSSR count). The van der Waals surface area contributed by atoms with E-state index in [1.165, 1.54) is 11.1 Å². The van der Waals surface area contributed by atoms with E-state index < -0.39 is 0 Å². The topological polar surface area (TPSA) is 53.6 Å². The summed E-state index contributed by atoms with van der Waals surface area (Å²) in [6.45, 7) is 8.85. The van der Waals surface area contributed by atoms with Crippen molar-refractivity contribution in [2.24, 2.45) is 0 Å². The number of amides is 2. The van der Waals surface area contributed by atoms with Crippen LogP contribution < -0.4 is 10.6 Å². The van der Waals surface area contributed by atoms with Crippen LogP contribution in [0.15, 0.2) is 48.5 Å². The quantitative estimate of drug-likeness (QED) is 0.780. The van der Waals surface area contributed by atoms with Gasteiger partial charge in [-0.2, -0.15) is 0 Å². The molecule has 5 nitrogen and oxygen atoms in total. The number of hydrogen-bond acceptors (Lipinski definition) is 3.